The summed E-state index contributed by atoms with van der Waals surface area (Å²) < 4.78 is 0. The van der Waals surface area contributed by atoms with Crippen LogP contribution in [0.5, 0.6) is 5.75 Å². The highest BCUT2D eigenvalue weighted by Gasteiger charge is 2.31. The summed E-state index contributed by atoms with van der Waals surface area (Å²) in [6.45, 7) is 3.94. The van der Waals surface area contributed by atoms with Crippen molar-refractivity contribution in [1.29, 1.82) is 0 Å². The summed E-state index contributed by atoms with van der Waals surface area (Å²) in [5.41, 5.74) is 5.71. The van der Waals surface area contributed by atoms with Gasteiger partial charge in [0.25, 0.3) is 5.91 Å². The lowest BCUT2D eigenvalue weighted by molar-refractivity contribution is -0.127. The van der Waals surface area contributed by atoms with Gasteiger partial charge in [-0.05, 0) is 66.4 Å². The number of hydrogen-bond donors (Lipinski definition) is 3. The number of aryl methyl sites for hydroxylation is 2. The SMILES string of the molecule is Cc1ccc(NC(=O)CCC(=O)C2CC(=O)CC/C2=N\NC(=O)c2cc3ccccc3cc2O)cc1C. The molecule has 0 heterocycles. The normalized spacial score (nSPS) is 16.5. The molecule has 4 rings (SSSR count). The number of phenols is 1. The highest BCUT2D eigenvalue weighted by molar-refractivity contribution is 6.12. The fraction of sp³-hybridized carbons (Fsp3) is 0.276. The summed E-state index contributed by atoms with van der Waals surface area (Å²) in [6.07, 6.45) is 0.392. The van der Waals surface area contributed by atoms with E-state index in [0.29, 0.717) is 11.4 Å². The number of hydrogen-bond acceptors (Lipinski definition) is 6. The number of phenolic OH excluding ortho intramolecular Hbond substituents is 1. The molecule has 1 saturated carbocycles. The van der Waals surface area contributed by atoms with Gasteiger partial charge in [-0.1, -0.05) is 30.3 Å². The molecule has 8 heteroatoms. The molecule has 0 spiro atoms. The number of benzene rings is 3. The highest BCUT2D eigenvalue weighted by atomic mass is 16.3. The van der Waals surface area contributed by atoms with Crippen LogP contribution in [0.3, 0.4) is 0 Å². The predicted molar refractivity (Wildman–Crippen MR) is 142 cm³/mol. The van der Waals surface area contributed by atoms with Gasteiger partial charge in [-0.25, -0.2) is 5.43 Å². The molecule has 1 unspecified atom stereocenters. The quantitative estimate of drug-likeness (QED) is 0.410. The maximum Gasteiger partial charge on any atom is 0.275 e. The number of aromatic hydroxyl groups is 1. The van der Waals surface area contributed by atoms with E-state index < -0.39 is 11.8 Å². The van der Waals surface area contributed by atoms with Crippen molar-refractivity contribution in [3.05, 3.63) is 71.3 Å². The van der Waals surface area contributed by atoms with Crippen molar-refractivity contribution in [2.45, 2.75) is 46.0 Å². The first-order valence-electron chi connectivity index (χ1n) is 12.2. The molecule has 2 amide bonds. The number of nitrogens with one attached hydrogen (secondary N) is 2. The molecule has 37 heavy (non-hydrogen) atoms. The first kappa shape index (κ1) is 25.8. The first-order chi connectivity index (χ1) is 17.7. The number of fused-ring (bicyclic) bond motifs is 1. The fourth-order valence-electron chi connectivity index (χ4n) is 4.37. The molecular formula is C29H29N3O5. The number of carbonyl (C=O) groups excluding carboxylic acids is 4. The topological polar surface area (TPSA) is 125 Å². The van der Waals surface area contributed by atoms with Gasteiger partial charge in [0.15, 0.2) is 0 Å². The zero-order valence-corrected chi connectivity index (χ0v) is 20.8. The predicted octanol–water partition coefficient (Wildman–Crippen LogP) is 4.61. The van der Waals surface area contributed by atoms with Gasteiger partial charge in [0.05, 0.1) is 11.5 Å². The van der Waals surface area contributed by atoms with Crippen molar-refractivity contribution < 1.29 is 24.3 Å². The van der Waals surface area contributed by atoms with E-state index in [1.165, 1.54) is 6.07 Å². The Bertz CT molecular complexity index is 1430. The lowest BCUT2D eigenvalue weighted by atomic mass is 9.82. The Hall–Kier alpha value is -4.33. The van der Waals surface area contributed by atoms with E-state index >= 15 is 0 Å². The van der Waals surface area contributed by atoms with Gasteiger partial charge in [-0.2, -0.15) is 5.10 Å². The Kier molecular flexibility index (Phi) is 7.77. The molecule has 0 bridgehead atoms. The van der Waals surface area contributed by atoms with Crippen molar-refractivity contribution in [2.75, 3.05) is 5.32 Å². The summed E-state index contributed by atoms with van der Waals surface area (Å²) in [5, 5.41) is 18.8. The van der Waals surface area contributed by atoms with E-state index in [1.54, 1.807) is 6.07 Å². The average Bonchev–Trinajstić information content (AvgIpc) is 2.88. The van der Waals surface area contributed by atoms with E-state index in [-0.39, 0.29) is 60.9 Å². The van der Waals surface area contributed by atoms with Crippen LogP contribution in [-0.2, 0) is 14.4 Å². The lowest BCUT2D eigenvalue weighted by Crippen LogP contribution is -2.34. The third kappa shape index (κ3) is 6.27. The van der Waals surface area contributed by atoms with Crippen molar-refractivity contribution in [3.8, 4) is 5.75 Å². The number of ketones is 2. The molecule has 1 atom stereocenters. The Morgan fingerprint density at radius 1 is 0.946 bits per heavy atom. The molecule has 0 saturated heterocycles. The third-order valence-electron chi connectivity index (χ3n) is 6.68. The van der Waals surface area contributed by atoms with E-state index in [1.807, 2.05) is 56.3 Å². The van der Waals surface area contributed by atoms with Crippen LogP contribution in [0.1, 0.15) is 53.6 Å². The molecule has 1 aliphatic carbocycles. The van der Waals surface area contributed by atoms with Gasteiger partial charge in [-0.15, -0.1) is 0 Å². The van der Waals surface area contributed by atoms with Crippen molar-refractivity contribution in [1.82, 2.24) is 5.43 Å². The zero-order chi connectivity index (χ0) is 26.5. The van der Waals surface area contributed by atoms with Crippen LogP contribution in [0.15, 0.2) is 59.7 Å². The van der Waals surface area contributed by atoms with E-state index in [4.69, 9.17) is 0 Å². The summed E-state index contributed by atoms with van der Waals surface area (Å²) in [6, 6.07) is 16.0. The molecule has 0 aromatic heterocycles. The smallest absolute Gasteiger partial charge is 0.275 e. The minimum Gasteiger partial charge on any atom is -0.507 e. The minimum absolute atomic E-state index is 0.00641. The van der Waals surface area contributed by atoms with E-state index in [9.17, 15) is 24.3 Å². The fourth-order valence-corrected chi connectivity index (χ4v) is 4.37. The van der Waals surface area contributed by atoms with Crippen molar-refractivity contribution >= 4 is 45.6 Å². The Labute approximate surface area is 214 Å². The number of rotatable bonds is 7. The maximum absolute atomic E-state index is 13.0. The molecule has 1 aliphatic rings. The average molecular weight is 500 g/mol. The second-order valence-corrected chi connectivity index (χ2v) is 9.37. The molecular weight excluding hydrogens is 470 g/mol. The summed E-state index contributed by atoms with van der Waals surface area (Å²) >= 11 is 0. The molecule has 3 aromatic carbocycles. The van der Waals surface area contributed by atoms with Crippen LogP contribution in [-0.4, -0.2) is 34.2 Å². The van der Waals surface area contributed by atoms with E-state index in [2.05, 4.69) is 15.8 Å². The van der Waals surface area contributed by atoms with Gasteiger partial charge < -0.3 is 10.4 Å². The molecule has 0 radical (unpaired) electrons. The summed E-state index contributed by atoms with van der Waals surface area (Å²) in [5.74, 6) is -2.22. The Balaban J connectivity index is 1.41. The third-order valence-corrected chi connectivity index (χ3v) is 6.68. The molecule has 0 aliphatic heterocycles. The van der Waals surface area contributed by atoms with Crippen LogP contribution < -0.4 is 10.7 Å². The van der Waals surface area contributed by atoms with Crippen LogP contribution >= 0.6 is 0 Å². The highest BCUT2D eigenvalue weighted by Crippen LogP contribution is 2.26. The van der Waals surface area contributed by atoms with Crippen LogP contribution in [0, 0.1) is 19.8 Å². The number of carbonyl (C=O) groups is 4. The lowest BCUT2D eigenvalue weighted by Gasteiger charge is -2.22. The van der Waals surface area contributed by atoms with Gasteiger partial charge in [0, 0.05) is 37.1 Å². The number of nitrogens with zero attached hydrogens (tertiary/aromatic N) is 1. The Morgan fingerprint density at radius 2 is 1.68 bits per heavy atom. The molecule has 8 nitrogen and oxygen atoms in total. The van der Waals surface area contributed by atoms with Crippen molar-refractivity contribution in [3.63, 3.8) is 0 Å². The summed E-state index contributed by atoms with van der Waals surface area (Å²) in [4.78, 5) is 50.2. The minimum atomic E-state index is -0.791. The largest absolute Gasteiger partial charge is 0.507 e. The van der Waals surface area contributed by atoms with Gasteiger partial charge in [-0.3, -0.25) is 19.2 Å². The standard InChI is InChI=1S/C29H29N3O5/c1-17-7-8-21(13-18(17)2)30-28(36)12-11-26(34)23-16-22(33)9-10-25(23)31-32-29(37)24-14-19-5-3-4-6-20(19)15-27(24)35/h3-8,13-15,23,35H,9-12,16H2,1-2H3,(H,30,36)(H,32,37)/b31-25+. The van der Waals surface area contributed by atoms with Crippen molar-refractivity contribution in [2.24, 2.45) is 11.0 Å². The number of Topliss-reactive ketones (excluding diaryl/α,β-unsaturated/α-hetero) is 2. The zero-order valence-electron chi connectivity index (χ0n) is 20.8. The molecule has 1 fully saturated rings. The first-order valence-corrected chi connectivity index (χ1v) is 12.2. The second kappa shape index (κ2) is 11.2. The Morgan fingerprint density at radius 3 is 2.41 bits per heavy atom. The van der Waals surface area contributed by atoms with Crippen LogP contribution in [0.4, 0.5) is 5.69 Å². The van der Waals surface area contributed by atoms with Crippen LogP contribution in [0.2, 0.25) is 0 Å². The molecule has 3 N–H and O–H groups in total. The monoisotopic (exact) mass is 499 g/mol. The second-order valence-electron chi connectivity index (χ2n) is 9.37. The number of hydrazone groups is 1. The summed E-state index contributed by atoms with van der Waals surface area (Å²) in [7, 11) is 0. The maximum atomic E-state index is 13.0. The van der Waals surface area contributed by atoms with Gasteiger partial charge in [0.2, 0.25) is 5.91 Å². The van der Waals surface area contributed by atoms with Crippen LogP contribution in [0.25, 0.3) is 10.8 Å². The number of anilines is 1. The number of amides is 2. The molecule has 3 aromatic rings. The van der Waals surface area contributed by atoms with Gasteiger partial charge >= 0.3 is 0 Å². The molecule has 190 valence electrons. The van der Waals surface area contributed by atoms with E-state index in [0.717, 1.165) is 21.9 Å². The van der Waals surface area contributed by atoms with Gasteiger partial charge in [0.1, 0.15) is 17.3 Å².